The molecule has 2 aromatic rings. The van der Waals surface area contributed by atoms with Crippen LogP contribution in [-0.4, -0.2) is 39.1 Å². The first-order valence-electron chi connectivity index (χ1n) is 8.94. The molecule has 9 heteroatoms. The molecule has 0 saturated carbocycles. The molecule has 0 unspecified atom stereocenters. The minimum atomic E-state index is -3.86. The molecule has 8 nitrogen and oxygen atoms in total. The van der Waals surface area contributed by atoms with Gasteiger partial charge in [0.1, 0.15) is 10.6 Å². The molecular formula is C18H24N4O4S. The van der Waals surface area contributed by atoms with Gasteiger partial charge < -0.3 is 14.7 Å². The van der Waals surface area contributed by atoms with Crippen LogP contribution in [0.15, 0.2) is 33.7 Å². The highest BCUT2D eigenvalue weighted by molar-refractivity contribution is 7.89. The number of carbonyl (C=O) groups is 1. The smallest absolute Gasteiger partial charge is 0.246 e. The molecule has 1 aromatic carbocycles. The number of nitrogens with one attached hydrogen (secondary N) is 2. The van der Waals surface area contributed by atoms with Crippen molar-refractivity contribution in [2.24, 2.45) is 0 Å². The normalized spacial score (nSPS) is 15.0. The van der Waals surface area contributed by atoms with E-state index in [1.807, 2.05) is 24.3 Å². The van der Waals surface area contributed by atoms with Gasteiger partial charge in [0.15, 0.2) is 5.76 Å². The number of nitrogens with zero attached hydrogens (tertiary/aromatic N) is 2. The largest absolute Gasteiger partial charge is 0.372 e. The minimum Gasteiger partial charge on any atom is -0.372 e. The zero-order valence-corrected chi connectivity index (χ0v) is 16.3. The van der Waals surface area contributed by atoms with Crippen LogP contribution in [0.3, 0.4) is 0 Å². The molecule has 0 radical (unpaired) electrons. The molecule has 2 N–H and O–H groups in total. The van der Waals surface area contributed by atoms with Gasteiger partial charge in [-0.2, -0.15) is 0 Å². The molecular weight excluding hydrogens is 368 g/mol. The number of amides is 1. The number of aryl methyl sites for hydroxylation is 2. The molecule has 1 fully saturated rings. The summed E-state index contributed by atoms with van der Waals surface area (Å²) in [5, 5.41) is 6.32. The maximum Gasteiger partial charge on any atom is 0.246 e. The topological polar surface area (TPSA) is 105 Å². The van der Waals surface area contributed by atoms with Gasteiger partial charge in [0.25, 0.3) is 0 Å². The fourth-order valence-electron chi connectivity index (χ4n) is 3.20. The van der Waals surface area contributed by atoms with E-state index >= 15 is 0 Å². The first kappa shape index (κ1) is 19.4. The van der Waals surface area contributed by atoms with Crippen LogP contribution in [0.5, 0.6) is 0 Å². The number of aromatic nitrogens is 1. The van der Waals surface area contributed by atoms with Crippen molar-refractivity contribution < 1.29 is 17.7 Å². The second kappa shape index (κ2) is 8.10. The zero-order valence-electron chi connectivity index (χ0n) is 15.5. The number of anilines is 2. The highest BCUT2D eigenvalue weighted by atomic mass is 32.2. The Morgan fingerprint density at radius 2 is 1.81 bits per heavy atom. The third kappa shape index (κ3) is 4.67. The van der Waals surface area contributed by atoms with Gasteiger partial charge in [-0.1, -0.05) is 5.16 Å². The summed E-state index contributed by atoms with van der Waals surface area (Å²) in [6.07, 6.45) is 3.67. The molecule has 3 rings (SSSR count). The second-order valence-corrected chi connectivity index (χ2v) is 8.32. The third-order valence-corrected chi connectivity index (χ3v) is 6.18. The van der Waals surface area contributed by atoms with Crippen LogP contribution < -0.4 is 14.9 Å². The number of hydrogen-bond acceptors (Lipinski definition) is 6. The van der Waals surface area contributed by atoms with Crippen LogP contribution in [0.25, 0.3) is 0 Å². The Balaban J connectivity index is 1.56. The van der Waals surface area contributed by atoms with Crippen molar-refractivity contribution in [3.8, 4) is 0 Å². The standard InChI is InChI=1S/C18H24N4O4S/c1-13-18(14(2)26-21-13)27(24,25)19-12-17(23)20-15-6-8-16(9-7-15)22-10-4-3-5-11-22/h6-9,19H,3-5,10-12H2,1-2H3,(H,20,23). The number of rotatable bonds is 6. The van der Waals surface area contributed by atoms with Crippen LogP contribution >= 0.6 is 0 Å². The lowest BCUT2D eigenvalue weighted by atomic mass is 10.1. The Kier molecular flexibility index (Phi) is 5.81. The molecule has 1 aliphatic heterocycles. The second-order valence-electron chi connectivity index (χ2n) is 6.62. The minimum absolute atomic E-state index is 0.0267. The van der Waals surface area contributed by atoms with Crippen molar-refractivity contribution in [2.75, 3.05) is 29.9 Å². The fraction of sp³-hybridized carbons (Fsp3) is 0.444. The Morgan fingerprint density at radius 3 is 2.41 bits per heavy atom. The van der Waals surface area contributed by atoms with Gasteiger partial charge in [0, 0.05) is 24.5 Å². The van der Waals surface area contributed by atoms with Gasteiger partial charge in [-0.25, -0.2) is 13.1 Å². The summed E-state index contributed by atoms with van der Waals surface area (Å²) in [5.41, 5.74) is 2.01. The number of carbonyl (C=O) groups excluding carboxylic acids is 1. The van der Waals surface area contributed by atoms with Gasteiger partial charge in [0.05, 0.1) is 6.54 Å². The molecule has 146 valence electrons. The lowest BCUT2D eigenvalue weighted by Gasteiger charge is -2.28. The molecule has 27 heavy (non-hydrogen) atoms. The SMILES string of the molecule is Cc1noc(C)c1S(=O)(=O)NCC(=O)Nc1ccc(N2CCCCC2)cc1. The Morgan fingerprint density at radius 1 is 1.15 bits per heavy atom. The van der Waals surface area contributed by atoms with Crippen LogP contribution in [0.4, 0.5) is 11.4 Å². The monoisotopic (exact) mass is 392 g/mol. The first-order valence-corrected chi connectivity index (χ1v) is 10.4. The molecule has 2 heterocycles. The summed E-state index contributed by atoms with van der Waals surface area (Å²) in [6, 6.07) is 7.58. The Labute approximate surface area is 159 Å². The number of hydrogen-bond donors (Lipinski definition) is 2. The van der Waals surface area contributed by atoms with Crippen LogP contribution in [0.2, 0.25) is 0 Å². The Hall–Kier alpha value is -2.39. The first-order chi connectivity index (χ1) is 12.9. The van der Waals surface area contributed by atoms with Gasteiger partial charge in [-0.15, -0.1) is 0 Å². The summed E-state index contributed by atoms with van der Waals surface area (Å²) in [6.45, 7) is 4.78. The van der Waals surface area contributed by atoms with E-state index in [1.54, 1.807) is 0 Å². The van der Waals surface area contributed by atoms with E-state index < -0.39 is 15.9 Å². The van der Waals surface area contributed by atoms with E-state index in [0.717, 1.165) is 18.8 Å². The molecule has 1 aromatic heterocycles. The number of benzene rings is 1. The molecule has 1 aliphatic rings. The van der Waals surface area contributed by atoms with E-state index in [9.17, 15) is 13.2 Å². The number of piperidine rings is 1. The highest BCUT2D eigenvalue weighted by Crippen LogP contribution is 2.22. The summed E-state index contributed by atoms with van der Waals surface area (Å²) in [7, 11) is -3.86. The maximum atomic E-state index is 12.3. The molecule has 1 saturated heterocycles. The van der Waals surface area contributed by atoms with E-state index in [1.165, 1.54) is 33.1 Å². The zero-order chi connectivity index (χ0) is 19.4. The summed E-state index contributed by atoms with van der Waals surface area (Å²) >= 11 is 0. The van der Waals surface area contributed by atoms with Crippen LogP contribution in [0, 0.1) is 13.8 Å². The quantitative estimate of drug-likeness (QED) is 0.781. The van der Waals surface area contributed by atoms with Gasteiger partial charge in [-0.05, 0) is 57.4 Å². The molecule has 0 atom stereocenters. The number of sulfonamides is 1. The molecule has 0 bridgehead atoms. The molecule has 1 amide bonds. The highest BCUT2D eigenvalue weighted by Gasteiger charge is 2.24. The van der Waals surface area contributed by atoms with Crippen LogP contribution in [0.1, 0.15) is 30.7 Å². The van der Waals surface area contributed by atoms with E-state index in [4.69, 9.17) is 4.52 Å². The maximum absolute atomic E-state index is 12.3. The van der Waals surface area contributed by atoms with Gasteiger partial charge in [-0.3, -0.25) is 4.79 Å². The molecule has 0 spiro atoms. The van der Waals surface area contributed by atoms with Crippen molar-refractivity contribution in [1.82, 2.24) is 9.88 Å². The lowest BCUT2D eigenvalue weighted by molar-refractivity contribution is -0.115. The fourth-order valence-corrected chi connectivity index (χ4v) is 4.51. The van der Waals surface area contributed by atoms with Crippen molar-refractivity contribution in [1.29, 1.82) is 0 Å². The summed E-state index contributed by atoms with van der Waals surface area (Å²) in [4.78, 5) is 14.4. The predicted octanol–water partition coefficient (Wildman–Crippen LogP) is 2.20. The third-order valence-electron chi connectivity index (χ3n) is 4.53. The average Bonchev–Trinajstić information content (AvgIpc) is 3.01. The van der Waals surface area contributed by atoms with E-state index in [0.29, 0.717) is 5.69 Å². The lowest BCUT2D eigenvalue weighted by Crippen LogP contribution is -2.33. The van der Waals surface area contributed by atoms with Crippen molar-refractivity contribution in [3.05, 3.63) is 35.7 Å². The van der Waals surface area contributed by atoms with Crippen molar-refractivity contribution in [2.45, 2.75) is 38.0 Å². The molecule has 0 aliphatic carbocycles. The Bertz CT molecular complexity index is 880. The van der Waals surface area contributed by atoms with Crippen molar-refractivity contribution >= 4 is 27.3 Å². The van der Waals surface area contributed by atoms with E-state index in [2.05, 4.69) is 20.1 Å². The predicted molar refractivity (Wildman–Crippen MR) is 102 cm³/mol. The van der Waals surface area contributed by atoms with E-state index in [-0.39, 0.29) is 22.9 Å². The summed E-state index contributed by atoms with van der Waals surface area (Å²) < 4.78 is 31.8. The van der Waals surface area contributed by atoms with Gasteiger partial charge in [0.2, 0.25) is 15.9 Å². The van der Waals surface area contributed by atoms with Crippen molar-refractivity contribution in [3.63, 3.8) is 0 Å². The van der Waals surface area contributed by atoms with Gasteiger partial charge >= 0.3 is 0 Å². The van der Waals surface area contributed by atoms with Crippen LogP contribution in [-0.2, 0) is 14.8 Å². The average molecular weight is 392 g/mol. The summed E-state index contributed by atoms with van der Waals surface area (Å²) in [5.74, 6) is -0.259.